The number of imide groups is 1. The van der Waals surface area contributed by atoms with Crippen molar-refractivity contribution in [1.82, 2.24) is 4.98 Å². The molecule has 6 nitrogen and oxygen atoms in total. The summed E-state index contributed by atoms with van der Waals surface area (Å²) < 4.78 is 5.26. The van der Waals surface area contributed by atoms with Gasteiger partial charge in [-0.2, -0.15) is 0 Å². The summed E-state index contributed by atoms with van der Waals surface area (Å²) in [5.74, 6) is -2.39. The van der Waals surface area contributed by atoms with E-state index in [4.69, 9.17) is 39.5 Å². The third-order valence-electron chi connectivity index (χ3n) is 5.24. The molecule has 1 aliphatic heterocycles. The van der Waals surface area contributed by atoms with Crippen LogP contribution in [0.5, 0.6) is 0 Å². The number of hydrogen-bond acceptors (Lipinski definition) is 5. The number of esters is 1. The molecule has 2 amide bonds. The van der Waals surface area contributed by atoms with Crippen LogP contribution in [0.15, 0.2) is 30.3 Å². The number of carbonyl (C=O) groups is 3. The topological polar surface area (TPSA) is 76.6 Å². The number of hydrogen-bond donors (Lipinski definition) is 0. The first-order chi connectivity index (χ1) is 13.9. The summed E-state index contributed by atoms with van der Waals surface area (Å²) in [4.78, 5) is 43.1. The maximum atomic E-state index is 12.8. The monoisotopic (exact) mass is 452 g/mol. The second-order valence-corrected chi connectivity index (χ2v) is 8.06. The number of nitrogens with zero attached hydrogens (tertiary/aromatic N) is 2. The average molecular weight is 454 g/mol. The van der Waals surface area contributed by atoms with E-state index in [2.05, 4.69) is 4.98 Å². The number of halogens is 3. The molecule has 0 bridgehead atoms. The van der Waals surface area contributed by atoms with E-state index >= 15 is 0 Å². The van der Waals surface area contributed by atoms with Gasteiger partial charge in [0, 0.05) is 0 Å². The first kappa shape index (κ1) is 20.1. The lowest BCUT2D eigenvalue weighted by Gasteiger charge is -2.20. The fraction of sp³-hybridized carbons (Fsp3) is 0.300. The van der Waals surface area contributed by atoms with Gasteiger partial charge in [0.25, 0.3) is 0 Å². The van der Waals surface area contributed by atoms with Crippen LogP contribution in [0.4, 0.5) is 5.69 Å². The highest BCUT2D eigenvalue weighted by atomic mass is 35.5. The lowest BCUT2D eigenvalue weighted by Crippen LogP contribution is -2.32. The van der Waals surface area contributed by atoms with Crippen LogP contribution in [0, 0.1) is 11.8 Å². The van der Waals surface area contributed by atoms with Gasteiger partial charge in [0.15, 0.2) is 10.8 Å². The largest absolute Gasteiger partial charge is 0.456 e. The summed E-state index contributed by atoms with van der Waals surface area (Å²) in [5.41, 5.74) is 0.365. The van der Waals surface area contributed by atoms with Crippen molar-refractivity contribution >= 4 is 58.3 Å². The van der Waals surface area contributed by atoms with Crippen LogP contribution in [0.2, 0.25) is 15.2 Å². The van der Waals surface area contributed by atoms with Crippen LogP contribution < -0.4 is 4.90 Å². The number of benzene rings is 1. The van der Waals surface area contributed by atoms with Gasteiger partial charge in [0.2, 0.25) is 11.8 Å². The van der Waals surface area contributed by atoms with Gasteiger partial charge in [-0.25, -0.2) is 14.7 Å². The van der Waals surface area contributed by atoms with Crippen molar-refractivity contribution in [3.05, 3.63) is 56.8 Å². The van der Waals surface area contributed by atoms with Crippen molar-refractivity contribution in [3.8, 4) is 0 Å². The maximum Gasteiger partial charge on any atom is 0.358 e. The lowest BCUT2D eigenvalue weighted by molar-refractivity contribution is -0.122. The molecule has 1 aromatic carbocycles. The van der Waals surface area contributed by atoms with Crippen molar-refractivity contribution in [2.24, 2.45) is 11.8 Å². The number of pyridine rings is 1. The summed E-state index contributed by atoms with van der Waals surface area (Å²) in [6, 6.07) is 9.06. The molecule has 2 unspecified atom stereocenters. The number of amides is 2. The van der Waals surface area contributed by atoms with Gasteiger partial charge in [-0.15, -0.1) is 0 Å². The van der Waals surface area contributed by atoms with Crippen LogP contribution in [-0.2, 0) is 20.9 Å². The Hall–Kier alpha value is -2.15. The second kappa shape index (κ2) is 7.94. The fourth-order valence-electron chi connectivity index (χ4n) is 3.84. The quantitative estimate of drug-likeness (QED) is 0.381. The summed E-state index contributed by atoms with van der Waals surface area (Å²) in [6.07, 6.45) is 2.08. The molecular formula is C20H15Cl3N2O4. The highest BCUT2D eigenvalue weighted by molar-refractivity contribution is 6.48. The Morgan fingerprint density at radius 1 is 1.03 bits per heavy atom. The molecule has 150 valence electrons. The second-order valence-electron chi connectivity index (χ2n) is 6.95. The maximum absolute atomic E-state index is 12.8. The van der Waals surface area contributed by atoms with E-state index in [9.17, 15) is 14.4 Å². The Bertz CT molecular complexity index is 991. The number of anilines is 1. The van der Waals surface area contributed by atoms with Crippen molar-refractivity contribution in [2.75, 3.05) is 4.90 Å². The summed E-state index contributed by atoms with van der Waals surface area (Å²) in [5, 5.41) is -0.632. The van der Waals surface area contributed by atoms with E-state index in [1.807, 2.05) is 18.2 Å². The predicted octanol–water partition coefficient (Wildman–Crippen LogP) is 4.69. The molecule has 9 heteroatoms. The van der Waals surface area contributed by atoms with Crippen LogP contribution in [-0.4, -0.2) is 22.8 Å². The van der Waals surface area contributed by atoms with E-state index in [1.165, 1.54) is 0 Å². The zero-order valence-corrected chi connectivity index (χ0v) is 17.3. The van der Waals surface area contributed by atoms with Gasteiger partial charge in [-0.1, -0.05) is 71.6 Å². The smallest absolute Gasteiger partial charge is 0.358 e. The normalized spacial score (nSPS) is 20.9. The molecule has 1 aliphatic carbocycles. The highest BCUT2D eigenvalue weighted by Crippen LogP contribution is 2.47. The van der Waals surface area contributed by atoms with E-state index in [0.717, 1.165) is 16.9 Å². The standard InChI is InChI=1S/C20H15Cl3N2O4/c21-13-15(20(28)29-9-10-5-2-1-3-6-10)24-17(23)14(22)16(13)25-18(26)11-7-4-8-12(11)19(25)27/h1-3,5-6,11-12H,4,7-9H2. The third-order valence-corrected chi connectivity index (χ3v) is 6.32. The van der Waals surface area contributed by atoms with Gasteiger partial charge in [-0.05, 0) is 18.4 Å². The minimum absolute atomic E-state index is 0.00101. The number of ether oxygens (including phenoxy) is 1. The Balaban J connectivity index is 1.67. The Morgan fingerprint density at radius 2 is 1.66 bits per heavy atom. The molecule has 2 heterocycles. The zero-order chi connectivity index (χ0) is 20.7. The molecule has 1 aromatic heterocycles. The molecule has 2 aliphatic rings. The third kappa shape index (κ3) is 3.50. The Labute approximate surface area is 181 Å². The first-order valence-corrected chi connectivity index (χ1v) is 10.2. The van der Waals surface area contributed by atoms with Crippen LogP contribution in [0.1, 0.15) is 35.3 Å². The summed E-state index contributed by atoms with van der Waals surface area (Å²) in [6.45, 7) is -0.00101. The summed E-state index contributed by atoms with van der Waals surface area (Å²) in [7, 11) is 0. The molecule has 0 spiro atoms. The molecule has 29 heavy (non-hydrogen) atoms. The van der Waals surface area contributed by atoms with Crippen molar-refractivity contribution in [1.29, 1.82) is 0 Å². The van der Waals surface area contributed by atoms with Crippen LogP contribution in [0.3, 0.4) is 0 Å². The van der Waals surface area contributed by atoms with Crippen LogP contribution >= 0.6 is 34.8 Å². The van der Waals surface area contributed by atoms with Crippen molar-refractivity contribution in [3.63, 3.8) is 0 Å². The molecule has 1 saturated carbocycles. The molecule has 2 fully saturated rings. The van der Waals surface area contributed by atoms with Gasteiger partial charge in [-0.3, -0.25) is 9.59 Å². The molecule has 2 atom stereocenters. The van der Waals surface area contributed by atoms with Gasteiger partial charge in [0.05, 0.1) is 22.5 Å². The SMILES string of the molecule is O=C(OCc1ccccc1)c1nc(Cl)c(Cl)c(N2C(=O)C3CCCC3C2=O)c1Cl. The molecular weight excluding hydrogens is 439 g/mol. The zero-order valence-electron chi connectivity index (χ0n) is 15.0. The lowest BCUT2D eigenvalue weighted by atomic mass is 10.00. The van der Waals surface area contributed by atoms with E-state index < -0.39 is 17.8 Å². The number of carbonyl (C=O) groups excluding carboxylic acids is 3. The van der Waals surface area contributed by atoms with E-state index in [-0.39, 0.29) is 45.0 Å². The van der Waals surface area contributed by atoms with Gasteiger partial charge >= 0.3 is 5.97 Å². The van der Waals surface area contributed by atoms with E-state index in [0.29, 0.717) is 12.8 Å². The minimum atomic E-state index is -0.835. The first-order valence-electron chi connectivity index (χ1n) is 9.03. The Morgan fingerprint density at radius 3 is 2.28 bits per heavy atom. The van der Waals surface area contributed by atoms with Crippen LogP contribution in [0.25, 0.3) is 0 Å². The van der Waals surface area contributed by atoms with Gasteiger partial charge in [0.1, 0.15) is 11.6 Å². The predicted molar refractivity (Wildman–Crippen MR) is 108 cm³/mol. The highest BCUT2D eigenvalue weighted by Gasteiger charge is 2.51. The van der Waals surface area contributed by atoms with Crippen molar-refractivity contribution in [2.45, 2.75) is 25.9 Å². The minimum Gasteiger partial charge on any atom is -0.456 e. The molecule has 4 rings (SSSR count). The average Bonchev–Trinajstić information content (AvgIpc) is 3.29. The Kier molecular flexibility index (Phi) is 5.51. The fourth-order valence-corrected chi connectivity index (χ4v) is 4.58. The van der Waals surface area contributed by atoms with Crippen molar-refractivity contribution < 1.29 is 19.1 Å². The number of rotatable bonds is 4. The van der Waals surface area contributed by atoms with E-state index in [1.54, 1.807) is 12.1 Å². The molecule has 0 radical (unpaired) electrons. The molecule has 0 N–H and O–H groups in total. The number of aromatic nitrogens is 1. The summed E-state index contributed by atoms with van der Waals surface area (Å²) >= 11 is 18.7. The molecule has 2 aromatic rings. The van der Waals surface area contributed by atoms with Gasteiger partial charge < -0.3 is 4.74 Å². The molecule has 1 saturated heterocycles. The number of fused-ring (bicyclic) bond motifs is 1.